The van der Waals surface area contributed by atoms with Gasteiger partial charge in [0.2, 0.25) is 0 Å². The number of carboxylic acids is 1. The fourth-order valence-corrected chi connectivity index (χ4v) is 2.66. The number of rotatable bonds is 17. The van der Waals surface area contributed by atoms with Gasteiger partial charge in [0.1, 0.15) is 6.10 Å². The van der Waals surface area contributed by atoms with Gasteiger partial charge in [0.25, 0.3) is 0 Å². The standard InChI is InChI=1S/C21H38O4/c1-3-5-7-8-9-12-15-19(25-21(24)18-6-4-2)16-13-10-11-14-17-20(22)23/h12,15,19H,3-11,13-14,16-18H2,1-2H3,(H,22,23)/b15-12-. The summed E-state index contributed by atoms with van der Waals surface area (Å²) in [4.78, 5) is 22.4. The molecular weight excluding hydrogens is 316 g/mol. The molecule has 25 heavy (non-hydrogen) atoms. The lowest BCUT2D eigenvalue weighted by Gasteiger charge is -2.14. The maximum absolute atomic E-state index is 11.9. The minimum absolute atomic E-state index is 0.103. The number of allylic oxidation sites excluding steroid dienone is 1. The molecule has 0 bridgehead atoms. The lowest BCUT2D eigenvalue weighted by atomic mass is 10.1. The molecule has 0 fully saturated rings. The van der Waals surface area contributed by atoms with Gasteiger partial charge in [-0.15, -0.1) is 0 Å². The monoisotopic (exact) mass is 354 g/mol. The van der Waals surface area contributed by atoms with Crippen LogP contribution in [0, 0.1) is 0 Å². The quantitative estimate of drug-likeness (QED) is 0.196. The molecule has 4 heteroatoms. The SMILES string of the molecule is CCCCCC/C=C\C(CCCCCCC(=O)O)OC(=O)CCCC. The van der Waals surface area contributed by atoms with Gasteiger partial charge in [-0.2, -0.15) is 0 Å². The highest BCUT2D eigenvalue weighted by molar-refractivity contribution is 5.69. The summed E-state index contributed by atoms with van der Waals surface area (Å²) in [5.41, 5.74) is 0. The van der Waals surface area contributed by atoms with E-state index < -0.39 is 5.97 Å². The van der Waals surface area contributed by atoms with E-state index in [9.17, 15) is 9.59 Å². The van der Waals surface area contributed by atoms with E-state index >= 15 is 0 Å². The minimum atomic E-state index is -0.728. The molecule has 0 heterocycles. The van der Waals surface area contributed by atoms with Crippen LogP contribution in [0.5, 0.6) is 0 Å². The zero-order valence-corrected chi connectivity index (χ0v) is 16.3. The second kappa shape index (κ2) is 17.5. The highest BCUT2D eigenvalue weighted by atomic mass is 16.5. The van der Waals surface area contributed by atoms with Crippen LogP contribution in [0.1, 0.15) is 104 Å². The minimum Gasteiger partial charge on any atom is -0.481 e. The van der Waals surface area contributed by atoms with Crippen molar-refractivity contribution in [1.29, 1.82) is 0 Å². The number of carboxylic acid groups (broad SMARTS) is 1. The summed E-state index contributed by atoms with van der Waals surface area (Å²) in [6.45, 7) is 4.27. The summed E-state index contributed by atoms with van der Waals surface area (Å²) in [6, 6.07) is 0. The van der Waals surface area contributed by atoms with E-state index in [1.807, 2.05) is 6.08 Å². The van der Waals surface area contributed by atoms with Crippen molar-refractivity contribution < 1.29 is 19.4 Å². The predicted molar refractivity (Wildman–Crippen MR) is 103 cm³/mol. The number of carbonyl (C=O) groups excluding carboxylic acids is 1. The fourth-order valence-electron chi connectivity index (χ4n) is 2.66. The summed E-state index contributed by atoms with van der Waals surface area (Å²) < 4.78 is 5.61. The molecule has 0 aliphatic rings. The molecule has 0 radical (unpaired) electrons. The molecule has 0 spiro atoms. The van der Waals surface area contributed by atoms with E-state index in [0.29, 0.717) is 6.42 Å². The Labute approximate surface area is 154 Å². The van der Waals surface area contributed by atoms with Crippen LogP contribution in [0.15, 0.2) is 12.2 Å². The second-order valence-electron chi connectivity index (χ2n) is 6.76. The largest absolute Gasteiger partial charge is 0.481 e. The van der Waals surface area contributed by atoms with Gasteiger partial charge in [0.05, 0.1) is 0 Å². The van der Waals surface area contributed by atoms with Crippen molar-refractivity contribution in [3.05, 3.63) is 12.2 Å². The number of ether oxygens (including phenoxy) is 1. The Morgan fingerprint density at radius 1 is 0.880 bits per heavy atom. The van der Waals surface area contributed by atoms with Gasteiger partial charge in [-0.25, -0.2) is 0 Å². The fraction of sp³-hybridized carbons (Fsp3) is 0.810. The molecule has 0 saturated carbocycles. The number of hydrogen-bond donors (Lipinski definition) is 1. The van der Waals surface area contributed by atoms with Crippen LogP contribution in [0.3, 0.4) is 0 Å². The van der Waals surface area contributed by atoms with Gasteiger partial charge in [-0.3, -0.25) is 9.59 Å². The van der Waals surface area contributed by atoms with E-state index in [1.165, 1.54) is 25.7 Å². The van der Waals surface area contributed by atoms with Crippen molar-refractivity contribution in [1.82, 2.24) is 0 Å². The predicted octanol–water partition coefficient (Wildman–Crippen LogP) is 6.04. The summed E-state index contributed by atoms with van der Waals surface area (Å²) in [5, 5.41) is 8.64. The Kier molecular flexibility index (Phi) is 16.6. The van der Waals surface area contributed by atoms with E-state index in [0.717, 1.165) is 51.4 Å². The van der Waals surface area contributed by atoms with E-state index in [1.54, 1.807) is 0 Å². The van der Waals surface area contributed by atoms with Gasteiger partial charge in [-0.1, -0.05) is 58.4 Å². The number of esters is 1. The van der Waals surface area contributed by atoms with Gasteiger partial charge in [0.15, 0.2) is 0 Å². The smallest absolute Gasteiger partial charge is 0.306 e. The molecule has 0 rings (SSSR count). The van der Waals surface area contributed by atoms with Crippen LogP contribution >= 0.6 is 0 Å². The second-order valence-corrected chi connectivity index (χ2v) is 6.76. The lowest BCUT2D eigenvalue weighted by Crippen LogP contribution is -2.16. The first-order valence-electron chi connectivity index (χ1n) is 10.2. The van der Waals surface area contributed by atoms with E-state index in [4.69, 9.17) is 9.84 Å². The van der Waals surface area contributed by atoms with Crippen LogP contribution in [-0.2, 0) is 14.3 Å². The molecular formula is C21H38O4. The van der Waals surface area contributed by atoms with Gasteiger partial charge >= 0.3 is 11.9 Å². The van der Waals surface area contributed by atoms with Crippen molar-refractivity contribution in [2.45, 2.75) is 110 Å². The number of hydrogen-bond acceptors (Lipinski definition) is 3. The molecule has 0 aromatic carbocycles. The lowest BCUT2D eigenvalue weighted by molar-refractivity contribution is -0.147. The summed E-state index contributed by atoms with van der Waals surface area (Å²) in [6.07, 6.45) is 17.1. The molecule has 0 aliphatic heterocycles. The zero-order valence-electron chi connectivity index (χ0n) is 16.3. The topological polar surface area (TPSA) is 63.6 Å². The molecule has 0 aliphatic carbocycles. The van der Waals surface area contributed by atoms with Gasteiger partial charge in [0, 0.05) is 12.8 Å². The molecule has 146 valence electrons. The van der Waals surface area contributed by atoms with Crippen molar-refractivity contribution in [3.63, 3.8) is 0 Å². The number of carbonyl (C=O) groups is 2. The molecule has 1 atom stereocenters. The van der Waals surface area contributed by atoms with Crippen molar-refractivity contribution in [2.75, 3.05) is 0 Å². The Morgan fingerprint density at radius 3 is 2.24 bits per heavy atom. The van der Waals surface area contributed by atoms with Crippen LogP contribution in [-0.4, -0.2) is 23.1 Å². The molecule has 0 aromatic rings. The van der Waals surface area contributed by atoms with Gasteiger partial charge in [-0.05, 0) is 44.6 Å². The van der Waals surface area contributed by atoms with Crippen LogP contribution in [0.25, 0.3) is 0 Å². The van der Waals surface area contributed by atoms with Gasteiger partial charge < -0.3 is 9.84 Å². The molecule has 0 aromatic heterocycles. The van der Waals surface area contributed by atoms with E-state index in [2.05, 4.69) is 19.9 Å². The molecule has 4 nitrogen and oxygen atoms in total. The molecule has 1 N–H and O–H groups in total. The van der Waals surface area contributed by atoms with Crippen molar-refractivity contribution in [2.24, 2.45) is 0 Å². The first-order chi connectivity index (χ1) is 12.1. The average molecular weight is 355 g/mol. The van der Waals surface area contributed by atoms with Crippen LogP contribution in [0.2, 0.25) is 0 Å². The Hall–Kier alpha value is -1.32. The number of unbranched alkanes of at least 4 members (excludes halogenated alkanes) is 8. The maximum Gasteiger partial charge on any atom is 0.306 e. The number of aliphatic carboxylic acids is 1. The first kappa shape index (κ1) is 23.7. The molecule has 0 saturated heterocycles. The summed E-state index contributed by atoms with van der Waals surface area (Å²) in [5.74, 6) is -0.831. The third-order valence-corrected chi connectivity index (χ3v) is 4.22. The zero-order chi connectivity index (χ0) is 18.8. The average Bonchev–Trinajstić information content (AvgIpc) is 2.58. The third-order valence-electron chi connectivity index (χ3n) is 4.22. The summed E-state index contributed by atoms with van der Waals surface area (Å²) >= 11 is 0. The highest BCUT2D eigenvalue weighted by Gasteiger charge is 2.11. The highest BCUT2D eigenvalue weighted by Crippen LogP contribution is 2.13. The Balaban J connectivity index is 4.11. The normalized spacial score (nSPS) is 12.4. The molecule has 1 unspecified atom stereocenters. The van der Waals surface area contributed by atoms with Crippen LogP contribution in [0.4, 0.5) is 0 Å². The van der Waals surface area contributed by atoms with E-state index in [-0.39, 0.29) is 18.5 Å². The maximum atomic E-state index is 11.9. The third kappa shape index (κ3) is 17.3. The summed E-state index contributed by atoms with van der Waals surface area (Å²) in [7, 11) is 0. The molecule has 0 amide bonds. The van der Waals surface area contributed by atoms with Crippen LogP contribution < -0.4 is 0 Å². The van der Waals surface area contributed by atoms with Crippen molar-refractivity contribution in [3.8, 4) is 0 Å². The Bertz CT molecular complexity index is 363. The Morgan fingerprint density at radius 2 is 1.56 bits per heavy atom. The van der Waals surface area contributed by atoms with Crippen molar-refractivity contribution >= 4 is 11.9 Å². The first-order valence-corrected chi connectivity index (χ1v) is 10.2.